The van der Waals surface area contributed by atoms with E-state index < -0.39 is 0 Å². The average molecular weight is 162 g/mol. The van der Waals surface area contributed by atoms with Gasteiger partial charge in [-0.15, -0.1) is 5.10 Å². The molecule has 2 aromatic heterocycles. The molecular weight excluding hydrogens is 152 g/mol. The summed E-state index contributed by atoms with van der Waals surface area (Å²) < 4.78 is 1.77. The van der Waals surface area contributed by atoms with Crippen LogP contribution in [0.2, 0.25) is 0 Å². The summed E-state index contributed by atoms with van der Waals surface area (Å²) in [6, 6.07) is 1.90. The van der Waals surface area contributed by atoms with Gasteiger partial charge in [-0.1, -0.05) is 0 Å². The summed E-state index contributed by atoms with van der Waals surface area (Å²) >= 11 is 0. The van der Waals surface area contributed by atoms with Crippen molar-refractivity contribution in [2.75, 3.05) is 12.4 Å². The smallest absolute Gasteiger partial charge is 0.157 e. The van der Waals surface area contributed by atoms with Gasteiger partial charge in [0.25, 0.3) is 0 Å². The number of aryl methyl sites for hydroxylation is 1. The summed E-state index contributed by atoms with van der Waals surface area (Å²) in [7, 11) is 1.84. The lowest BCUT2D eigenvalue weighted by molar-refractivity contribution is 0.930. The molecule has 2 aromatic rings. The van der Waals surface area contributed by atoms with Crippen molar-refractivity contribution in [3.8, 4) is 0 Å². The van der Waals surface area contributed by atoms with Crippen LogP contribution in [0, 0.1) is 6.92 Å². The van der Waals surface area contributed by atoms with E-state index in [0.717, 1.165) is 17.0 Å². The molecule has 0 fully saturated rings. The predicted molar refractivity (Wildman–Crippen MR) is 47.3 cm³/mol. The van der Waals surface area contributed by atoms with Crippen LogP contribution in [0.3, 0.4) is 0 Å². The Morgan fingerprint density at radius 1 is 1.50 bits per heavy atom. The van der Waals surface area contributed by atoms with Crippen LogP contribution in [-0.2, 0) is 0 Å². The molecule has 0 saturated heterocycles. The zero-order chi connectivity index (χ0) is 8.55. The van der Waals surface area contributed by atoms with Gasteiger partial charge in [-0.2, -0.15) is 0 Å². The minimum Gasteiger partial charge on any atom is -0.372 e. The van der Waals surface area contributed by atoms with Gasteiger partial charge in [0.15, 0.2) is 5.65 Å². The van der Waals surface area contributed by atoms with E-state index in [9.17, 15) is 0 Å². The minimum atomic E-state index is 0.841. The van der Waals surface area contributed by atoms with Crippen molar-refractivity contribution in [2.45, 2.75) is 6.92 Å². The van der Waals surface area contributed by atoms with Gasteiger partial charge in [-0.25, -0.2) is 9.50 Å². The first-order valence-corrected chi connectivity index (χ1v) is 3.79. The summed E-state index contributed by atoms with van der Waals surface area (Å²) in [6.07, 6.45) is 3.78. The Morgan fingerprint density at radius 2 is 2.33 bits per heavy atom. The van der Waals surface area contributed by atoms with Crippen molar-refractivity contribution in [3.05, 3.63) is 24.0 Å². The Kier molecular flexibility index (Phi) is 1.46. The number of anilines is 1. The highest BCUT2D eigenvalue weighted by Gasteiger charge is 1.98. The molecule has 0 saturated carbocycles. The lowest BCUT2D eigenvalue weighted by atomic mass is 10.4. The van der Waals surface area contributed by atoms with Gasteiger partial charge in [-0.3, -0.25) is 0 Å². The summed E-state index contributed by atoms with van der Waals surface area (Å²) in [4.78, 5) is 4.21. The van der Waals surface area contributed by atoms with Gasteiger partial charge in [0.1, 0.15) is 5.82 Å². The van der Waals surface area contributed by atoms with E-state index >= 15 is 0 Å². The fourth-order valence-electron chi connectivity index (χ4n) is 1.09. The van der Waals surface area contributed by atoms with E-state index in [1.165, 1.54) is 0 Å². The van der Waals surface area contributed by atoms with Gasteiger partial charge in [-0.05, 0) is 12.5 Å². The number of aromatic nitrogens is 3. The summed E-state index contributed by atoms with van der Waals surface area (Å²) in [5.74, 6) is 0.841. The van der Waals surface area contributed by atoms with Crippen LogP contribution in [0.25, 0.3) is 5.65 Å². The molecule has 1 N–H and O–H groups in total. The molecule has 0 bridgehead atoms. The van der Waals surface area contributed by atoms with Crippen molar-refractivity contribution in [1.82, 2.24) is 14.6 Å². The van der Waals surface area contributed by atoms with Gasteiger partial charge >= 0.3 is 0 Å². The number of hydrogen-bond acceptors (Lipinski definition) is 3. The van der Waals surface area contributed by atoms with Crippen molar-refractivity contribution in [2.24, 2.45) is 0 Å². The SMILES string of the molecule is CNc1cc2ncc(C)cn2n1. The molecule has 0 aliphatic rings. The molecule has 0 radical (unpaired) electrons. The quantitative estimate of drug-likeness (QED) is 0.682. The summed E-state index contributed by atoms with van der Waals surface area (Å²) in [5, 5.41) is 7.20. The molecule has 0 amide bonds. The number of rotatable bonds is 1. The molecule has 62 valence electrons. The van der Waals surface area contributed by atoms with Crippen LogP contribution in [-0.4, -0.2) is 21.6 Å². The van der Waals surface area contributed by atoms with E-state index in [4.69, 9.17) is 0 Å². The van der Waals surface area contributed by atoms with Crippen molar-refractivity contribution in [1.29, 1.82) is 0 Å². The third-order valence-corrected chi connectivity index (χ3v) is 1.70. The van der Waals surface area contributed by atoms with Crippen molar-refractivity contribution < 1.29 is 0 Å². The Balaban J connectivity index is 2.67. The number of hydrogen-bond donors (Lipinski definition) is 1. The van der Waals surface area contributed by atoms with Crippen LogP contribution in [0.5, 0.6) is 0 Å². The highest BCUT2D eigenvalue weighted by molar-refractivity contribution is 5.49. The van der Waals surface area contributed by atoms with Gasteiger partial charge < -0.3 is 5.32 Å². The standard InChI is InChI=1S/C8H10N4/c1-6-4-10-8-3-7(9-2)11-12(8)5-6/h3-5H,1-2H3,(H,9,11). The highest BCUT2D eigenvalue weighted by Crippen LogP contribution is 2.07. The van der Waals surface area contributed by atoms with E-state index in [2.05, 4.69) is 15.4 Å². The molecular formula is C8H10N4. The van der Waals surface area contributed by atoms with Crippen LogP contribution in [0.1, 0.15) is 5.56 Å². The minimum absolute atomic E-state index is 0.841. The molecule has 0 unspecified atom stereocenters. The Labute approximate surface area is 70.2 Å². The third-order valence-electron chi connectivity index (χ3n) is 1.70. The van der Waals surface area contributed by atoms with Crippen LogP contribution in [0.4, 0.5) is 5.82 Å². The highest BCUT2D eigenvalue weighted by atomic mass is 15.3. The second kappa shape index (κ2) is 2.48. The maximum atomic E-state index is 4.24. The maximum absolute atomic E-state index is 4.24. The molecule has 12 heavy (non-hydrogen) atoms. The Hall–Kier alpha value is -1.58. The van der Waals surface area contributed by atoms with Crippen LogP contribution in [0.15, 0.2) is 18.5 Å². The monoisotopic (exact) mass is 162 g/mol. The molecule has 0 atom stereocenters. The van der Waals surface area contributed by atoms with Gasteiger partial charge in [0.05, 0.1) is 0 Å². The zero-order valence-electron chi connectivity index (χ0n) is 7.07. The fourth-order valence-corrected chi connectivity index (χ4v) is 1.09. The molecule has 4 heteroatoms. The fraction of sp³-hybridized carbons (Fsp3) is 0.250. The van der Waals surface area contributed by atoms with E-state index in [0.29, 0.717) is 0 Å². The average Bonchev–Trinajstić information content (AvgIpc) is 2.46. The Morgan fingerprint density at radius 3 is 3.08 bits per heavy atom. The maximum Gasteiger partial charge on any atom is 0.157 e. The zero-order valence-corrected chi connectivity index (χ0v) is 7.07. The molecule has 0 aromatic carbocycles. The number of fused-ring (bicyclic) bond motifs is 1. The molecule has 2 rings (SSSR count). The summed E-state index contributed by atoms with van der Waals surface area (Å²) in [6.45, 7) is 1.99. The predicted octanol–water partition coefficient (Wildman–Crippen LogP) is 1.08. The topological polar surface area (TPSA) is 42.2 Å². The molecule has 2 heterocycles. The van der Waals surface area contributed by atoms with Crippen LogP contribution >= 0.6 is 0 Å². The summed E-state index contributed by atoms with van der Waals surface area (Å²) in [5.41, 5.74) is 1.97. The molecule has 4 nitrogen and oxygen atoms in total. The first-order chi connectivity index (χ1) is 5.79. The second-order valence-corrected chi connectivity index (χ2v) is 2.71. The van der Waals surface area contributed by atoms with Gasteiger partial charge in [0.2, 0.25) is 0 Å². The van der Waals surface area contributed by atoms with E-state index in [-0.39, 0.29) is 0 Å². The van der Waals surface area contributed by atoms with Crippen molar-refractivity contribution in [3.63, 3.8) is 0 Å². The first kappa shape index (κ1) is 7.09. The lowest BCUT2D eigenvalue weighted by Crippen LogP contribution is -1.92. The third kappa shape index (κ3) is 1.01. The lowest BCUT2D eigenvalue weighted by Gasteiger charge is -1.92. The number of nitrogens with zero attached hydrogens (tertiary/aromatic N) is 3. The van der Waals surface area contributed by atoms with Crippen molar-refractivity contribution >= 4 is 11.5 Å². The normalized spacial score (nSPS) is 10.5. The Bertz CT molecular complexity index is 404. The number of nitrogens with one attached hydrogen (secondary N) is 1. The van der Waals surface area contributed by atoms with E-state index in [1.807, 2.05) is 32.4 Å². The van der Waals surface area contributed by atoms with Gasteiger partial charge in [0, 0.05) is 25.5 Å². The largest absolute Gasteiger partial charge is 0.372 e. The second-order valence-electron chi connectivity index (χ2n) is 2.71. The molecule has 0 aliphatic carbocycles. The first-order valence-electron chi connectivity index (χ1n) is 3.79. The molecule has 0 spiro atoms. The van der Waals surface area contributed by atoms with E-state index in [1.54, 1.807) is 4.52 Å². The van der Waals surface area contributed by atoms with Crippen LogP contribution < -0.4 is 5.32 Å². The molecule has 0 aliphatic heterocycles.